The highest BCUT2D eigenvalue weighted by atomic mass is 35.5. The Labute approximate surface area is 185 Å². The molecule has 3 aromatic rings. The van der Waals surface area contributed by atoms with E-state index in [1.807, 2.05) is 24.3 Å². The van der Waals surface area contributed by atoms with E-state index in [1.54, 1.807) is 11.0 Å². The number of carbonyl (C=O) groups is 1. The van der Waals surface area contributed by atoms with Gasteiger partial charge in [0.1, 0.15) is 17.6 Å². The van der Waals surface area contributed by atoms with Crippen LogP contribution in [-0.4, -0.2) is 27.6 Å². The summed E-state index contributed by atoms with van der Waals surface area (Å²) in [6.07, 6.45) is 3.04. The SMILES string of the molecule is CCCCOc1ccc(-c2noc(C3CCC(=O)N3Cc3ccc(F)cc3Cl)n2)cc1. The average Bonchev–Trinajstić information content (AvgIpc) is 3.38. The summed E-state index contributed by atoms with van der Waals surface area (Å²) >= 11 is 6.15. The fraction of sp³-hybridized carbons (Fsp3) is 0.348. The van der Waals surface area contributed by atoms with Gasteiger partial charge in [0.15, 0.2) is 0 Å². The molecule has 1 aliphatic rings. The molecule has 0 N–H and O–H groups in total. The molecule has 0 bridgehead atoms. The third-order valence-corrected chi connectivity index (χ3v) is 5.64. The Morgan fingerprint density at radius 1 is 1.26 bits per heavy atom. The van der Waals surface area contributed by atoms with Crippen molar-refractivity contribution in [2.45, 2.75) is 45.2 Å². The van der Waals surface area contributed by atoms with E-state index in [0.29, 0.717) is 36.7 Å². The van der Waals surface area contributed by atoms with Gasteiger partial charge in [0.05, 0.1) is 6.61 Å². The number of nitrogens with zero attached hydrogens (tertiary/aromatic N) is 3. The minimum absolute atomic E-state index is 0.0290. The average molecular weight is 444 g/mol. The molecule has 0 spiro atoms. The number of benzene rings is 2. The Bertz CT molecular complexity index is 1050. The fourth-order valence-corrected chi connectivity index (χ4v) is 3.77. The standard InChI is InChI=1S/C23H23ClFN3O3/c1-2-3-12-30-18-8-5-15(6-9-18)22-26-23(31-27-22)20-10-11-21(29)28(20)14-16-4-7-17(25)13-19(16)24/h4-9,13,20H,2-3,10-12,14H2,1H3. The van der Waals surface area contributed by atoms with E-state index in [-0.39, 0.29) is 23.5 Å². The van der Waals surface area contributed by atoms with Gasteiger partial charge in [-0.3, -0.25) is 4.79 Å². The van der Waals surface area contributed by atoms with Crippen LogP contribution in [-0.2, 0) is 11.3 Å². The molecule has 1 fully saturated rings. The lowest BCUT2D eigenvalue weighted by Gasteiger charge is -2.22. The molecule has 8 heteroatoms. The van der Waals surface area contributed by atoms with Crippen LogP contribution in [0.2, 0.25) is 5.02 Å². The van der Waals surface area contributed by atoms with E-state index in [2.05, 4.69) is 17.1 Å². The number of likely N-dealkylation sites (tertiary alicyclic amines) is 1. The van der Waals surface area contributed by atoms with Gasteiger partial charge in [0.2, 0.25) is 17.6 Å². The van der Waals surface area contributed by atoms with Crippen LogP contribution in [0.15, 0.2) is 47.0 Å². The summed E-state index contributed by atoms with van der Waals surface area (Å²) in [7, 11) is 0. The number of rotatable bonds is 8. The number of halogens is 2. The first-order valence-corrected chi connectivity index (χ1v) is 10.7. The molecule has 2 heterocycles. The van der Waals surface area contributed by atoms with Gasteiger partial charge < -0.3 is 14.2 Å². The molecular formula is C23H23ClFN3O3. The summed E-state index contributed by atoms with van der Waals surface area (Å²) in [5, 5.41) is 4.37. The molecule has 1 amide bonds. The second-order valence-electron chi connectivity index (χ2n) is 7.49. The molecule has 1 saturated heterocycles. The van der Waals surface area contributed by atoms with Gasteiger partial charge in [0.25, 0.3) is 0 Å². The van der Waals surface area contributed by atoms with Crippen LogP contribution in [0.25, 0.3) is 11.4 Å². The summed E-state index contributed by atoms with van der Waals surface area (Å²) in [4.78, 5) is 18.6. The molecular weight excluding hydrogens is 421 g/mol. The van der Waals surface area contributed by atoms with Crippen LogP contribution in [0.1, 0.15) is 50.1 Å². The minimum Gasteiger partial charge on any atom is -0.494 e. The molecule has 0 saturated carbocycles. The molecule has 1 aromatic heterocycles. The molecule has 0 radical (unpaired) electrons. The predicted molar refractivity (Wildman–Crippen MR) is 114 cm³/mol. The Morgan fingerprint density at radius 3 is 2.81 bits per heavy atom. The number of unbranched alkanes of at least 4 members (excludes halogenated alkanes) is 1. The lowest BCUT2D eigenvalue weighted by molar-refractivity contribution is -0.129. The molecule has 0 aliphatic carbocycles. The highest BCUT2D eigenvalue weighted by molar-refractivity contribution is 6.31. The van der Waals surface area contributed by atoms with Crippen LogP contribution >= 0.6 is 11.6 Å². The molecule has 1 atom stereocenters. The summed E-state index contributed by atoms with van der Waals surface area (Å²) in [5.74, 6) is 1.18. The molecule has 6 nitrogen and oxygen atoms in total. The predicted octanol–water partition coefficient (Wildman–Crippen LogP) is 5.57. The second kappa shape index (κ2) is 9.47. The van der Waals surface area contributed by atoms with Crippen LogP contribution < -0.4 is 4.74 Å². The molecule has 1 aliphatic heterocycles. The number of aromatic nitrogens is 2. The largest absolute Gasteiger partial charge is 0.494 e. The van der Waals surface area contributed by atoms with E-state index in [0.717, 1.165) is 24.2 Å². The topological polar surface area (TPSA) is 68.5 Å². The Morgan fingerprint density at radius 2 is 2.06 bits per heavy atom. The van der Waals surface area contributed by atoms with E-state index in [9.17, 15) is 9.18 Å². The van der Waals surface area contributed by atoms with Crippen LogP contribution in [0.3, 0.4) is 0 Å². The summed E-state index contributed by atoms with van der Waals surface area (Å²) < 4.78 is 24.5. The number of carbonyl (C=O) groups excluding carboxylic acids is 1. The zero-order valence-electron chi connectivity index (χ0n) is 17.2. The van der Waals surface area contributed by atoms with Crippen molar-refractivity contribution in [1.82, 2.24) is 15.0 Å². The van der Waals surface area contributed by atoms with Crippen LogP contribution in [0, 0.1) is 5.82 Å². The lowest BCUT2D eigenvalue weighted by atomic mass is 10.1. The van der Waals surface area contributed by atoms with Gasteiger partial charge in [-0.1, -0.05) is 36.2 Å². The maximum absolute atomic E-state index is 13.3. The van der Waals surface area contributed by atoms with Gasteiger partial charge >= 0.3 is 0 Å². The second-order valence-corrected chi connectivity index (χ2v) is 7.90. The first-order chi connectivity index (χ1) is 15.0. The van der Waals surface area contributed by atoms with E-state index >= 15 is 0 Å². The minimum atomic E-state index is -0.415. The van der Waals surface area contributed by atoms with Crippen LogP contribution in [0.4, 0.5) is 4.39 Å². The smallest absolute Gasteiger partial charge is 0.249 e. The summed E-state index contributed by atoms with van der Waals surface area (Å²) in [6, 6.07) is 11.3. The van der Waals surface area contributed by atoms with Crippen molar-refractivity contribution in [2.75, 3.05) is 6.61 Å². The van der Waals surface area contributed by atoms with Crippen molar-refractivity contribution in [3.63, 3.8) is 0 Å². The zero-order chi connectivity index (χ0) is 21.8. The van der Waals surface area contributed by atoms with Gasteiger partial charge in [-0.15, -0.1) is 0 Å². The molecule has 1 unspecified atom stereocenters. The van der Waals surface area contributed by atoms with Gasteiger partial charge in [-0.25, -0.2) is 4.39 Å². The summed E-state index contributed by atoms with van der Waals surface area (Å²) in [6.45, 7) is 3.06. The first-order valence-electron chi connectivity index (χ1n) is 10.4. The van der Waals surface area contributed by atoms with Gasteiger partial charge in [-0.05, 0) is 54.8 Å². The van der Waals surface area contributed by atoms with Crippen molar-refractivity contribution in [3.8, 4) is 17.1 Å². The van der Waals surface area contributed by atoms with Crippen molar-refractivity contribution in [2.24, 2.45) is 0 Å². The van der Waals surface area contributed by atoms with Crippen molar-refractivity contribution in [1.29, 1.82) is 0 Å². The Hall–Kier alpha value is -2.93. The fourth-order valence-electron chi connectivity index (χ4n) is 3.54. The summed E-state index contributed by atoms with van der Waals surface area (Å²) in [5.41, 5.74) is 1.47. The van der Waals surface area contributed by atoms with E-state index in [4.69, 9.17) is 20.9 Å². The van der Waals surface area contributed by atoms with E-state index in [1.165, 1.54) is 12.1 Å². The highest BCUT2D eigenvalue weighted by Gasteiger charge is 2.36. The van der Waals surface area contributed by atoms with E-state index < -0.39 is 5.82 Å². The quantitative estimate of drug-likeness (QED) is 0.425. The van der Waals surface area contributed by atoms with Crippen molar-refractivity contribution >= 4 is 17.5 Å². The third kappa shape index (κ3) is 4.88. The third-order valence-electron chi connectivity index (χ3n) is 5.29. The first kappa shape index (κ1) is 21.3. The van der Waals surface area contributed by atoms with Crippen molar-refractivity contribution in [3.05, 3.63) is 64.8 Å². The highest BCUT2D eigenvalue weighted by Crippen LogP contribution is 2.35. The normalized spacial score (nSPS) is 16.2. The van der Waals surface area contributed by atoms with Crippen molar-refractivity contribution < 1.29 is 18.4 Å². The maximum Gasteiger partial charge on any atom is 0.249 e. The molecule has 4 rings (SSSR count). The maximum atomic E-state index is 13.3. The Balaban J connectivity index is 1.49. The lowest BCUT2D eigenvalue weighted by Crippen LogP contribution is -2.27. The van der Waals surface area contributed by atoms with Crippen LogP contribution in [0.5, 0.6) is 5.75 Å². The number of amides is 1. The number of hydrogen-bond acceptors (Lipinski definition) is 5. The zero-order valence-corrected chi connectivity index (χ0v) is 17.9. The molecule has 31 heavy (non-hydrogen) atoms. The number of ether oxygens (including phenoxy) is 1. The molecule has 2 aromatic carbocycles. The monoisotopic (exact) mass is 443 g/mol. The Kier molecular flexibility index (Phi) is 6.51. The molecule has 162 valence electrons. The number of hydrogen-bond donors (Lipinski definition) is 0. The van der Waals surface area contributed by atoms with Gasteiger partial charge in [0, 0.05) is 23.6 Å². The van der Waals surface area contributed by atoms with Gasteiger partial charge in [-0.2, -0.15) is 4.98 Å².